The Morgan fingerprint density at radius 1 is 1.11 bits per heavy atom. The molecule has 0 fully saturated rings. The number of hydrogen-bond acceptors (Lipinski definition) is 1. The number of aliphatic carboxylic acids is 1. The molecule has 2 rings (SSSR count). The molecule has 0 atom stereocenters. The molecular weight excluding hydrogens is 255 g/mol. The van der Waals surface area contributed by atoms with Crippen LogP contribution in [0.25, 0.3) is 11.1 Å². The van der Waals surface area contributed by atoms with Crippen molar-refractivity contribution in [3.8, 4) is 11.1 Å². The maximum atomic E-state index is 12.8. The largest absolute Gasteiger partial charge is 0.481 e. The van der Waals surface area contributed by atoms with Gasteiger partial charge < -0.3 is 5.11 Å². The number of rotatable bonds is 3. The summed E-state index contributed by atoms with van der Waals surface area (Å²) in [6.45, 7) is 0. The Kier molecular flexibility index (Phi) is 3.63. The molecule has 0 saturated carbocycles. The summed E-state index contributed by atoms with van der Waals surface area (Å²) in [6.07, 6.45) is -0.131. The van der Waals surface area contributed by atoms with E-state index in [4.69, 9.17) is 16.7 Å². The summed E-state index contributed by atoms with van der Waals surface area (Å²) in [6, 6.07) is 11.1. The van der Waals surface area contributed by atoms with Gasteiger partial charge in [0, 0.05) is 5.02 Å². The van der Waals surface area contributed by atoms with Crippen molar-refractivity contribution in [2.75, 3.05) is 0 Å². The first kappa shape index (κ1) is 12.6. The molecule has 4 heteroatoms. The van der Waals surface area contributed by atoms with Gasteiger partial charge in [-0.05, 0) is 41.0 Å². The number of halogens is 2. The zero-order valence-electron chi connectivity index (χ0n) is 9.36. The molecule has 2 aromatic carbocycles. The lowest BCUT2D eigenvalue weighted by Crippen LogP contribution is -2.00. The Bertz CT molecular complexity index is 579. The Hall–Kier alpha value is -1.87. The zero-order chi connectivity index (χ0) is 13.1. The molecule has 0 bridgehead atoms. The fourth-order valence-electron chi connectivity index (χ4n) is 1.70. The molecule has 92 valence electrons. The minimum absolute atomic E-state index is 0.131. The van der Waals surface area contributed by atoms with E-state index >= 15 is 0 Å². The standard InChI is InChI=1S/C14H10ClFO2/c15-13-6-3-10(7-11(13)8-14(17)18)9-1-4-12(16)5-2-9/h1-7H,8H2,(H,17,18). The topological polar surface area (TPSA) is 37.3 Å². The second kappa shape index (κ2) is 5.19. The summed E-state index contributed by atoms with van der Waals surface area (Å²) in [7, 11) is 0. The zero-order valence-corrected chi connectivity index (χ0v) is 10.1. The molecule has 18 heavy (non-hydrogen) atoms. The average molecular weight is 265 g/mol. The SMILES string of the molecule is O=C(O)Cc1cc(-c2ccc(F)cc2)ccc1Cl. The van der Waals surface area contributed by atoms with Crippen LogP contribution in [0.1, 0.15) is 5.56 Å². The molecule has 1 N–H and O–H groups in total. The highest BCUT2D eigenvalue weighted by molar-refractivity contribution is 6.31. The van der Waals surface area contributed by atoms with E-state index in [1.165, 1.54) is 12.1 Å². The van der Waals surface area contributed by atoms with Gasteiger partial charge in [0.25, 0.3) is 0 Å². The van der Waals surface area contributed by atoms with Crippen LogP contribution in [-0.4, -0.2) is 11.1 Å². The summed E-state index contributed by atoms with van der Waals surface area (Å²) >= 11 is 5.93. The first-order valence-corrected chi connectivity index (χ1v) is 5.70. The maximum Gasteiger partial charge on any atom is 0.307 e. The fraction of sp³-hybridized carbons (Fsp3) is 0.0714. The van der Waals surface area contributed by atoms with Crippen molar-refractivity contribution in [3.63, 3.8) is 0 Å². The van der Waals surface area contributed by atoms with Gasteiger partial charge in [0.15, 0.2) is 0 Å². The van der Waals surface area contributed by atoms with E-state index < -0.39 is 5.97 Å². The van der Waals surface area contributed by atoms with Crippen LogP contribution in [0.2, 0.25) is 5.02 Å². The second-order valence-electron chi connectivity index (χ2n) is 3.88. The van der Waals surface area contributed by atoms with Gasteiger partial charge in [0.05, 0.1) is 6.42 Å². The third kappa shape index (κ3) is 2.87. The van der Waals surface area contributed by atoms with Gasteiger partial charge in [-0.3, -0.25) is 4.79 Å². The van der Waals surface area contributed by atoms with E-state index in [2.05, 4.69) is 0 Å². The first-order valence-electron chi connectivity index (χ1n) is 5.32. The van der Waals surface area contributed by atoms with Crippen molar-refractivity contribution in [3.05, 3.63) is 58.9 Å². The minimum Gasteiger partial charge on any atom is -0.481 e. The molecule has 2 aromatic rings. The Morgan fingerprint density at radius 3 is 2.33 bits per heavy atom. The summed E-state index contributed by atoms with van der Waals surface area (Å²) in [4.78, 5) is 10.7. The summed E-state index contributed by atoms with van der Waals surface area (Å²) < 4.78 is 12.8. The van der Waals surface area contributed by atoms with Gasteiger partial charge in [-0.25, -0.2) is 4.39 Å². The van der Waals surface area contributed by atoms with E-state index in [1.807, 2.05) is 0 Å². The molecule has 0 spiro atoms. The van der Waals surface area contributed by atoms with E-state index in [1.54, 1.807) is 30.3 Å². The van der Waals surface area contributed by atoms with Crippen LogP contribution in [-0.2, 0) is 11.2 Å². The van der Waals surface area contributed by atoms with Crippen molar-refractivity contribution >= 4 is 17.6 Å². The lowest BCUT2D eigenvalue weighted by Gasteiger charge is -2.06. The molecule has 0 aromatic heterocycles. The molecule has 0 radical (unpaired) electrons. The van der Waals surface area contributed by atoms with Crippen molar-refractivity contribution in [2.45, 2.75) is 6.42 Å². The van der Waals surface area contributed by atoms with Crippen molar-refractivity contribution < 1.29 is 14.3 Å². The molecule has 2 nitrogen and oxygen atoms in total. The van der Waals surface area contributed by atoms with Gasteiger partial charge in [-0.2, -0.15) is 0 Å². The third-order valence-corrected chi connectivity index (χ3v) is 2.93. The fourth-order valence-corrected chi connectivity index (χ4v) is 1.88. The molecule has 0 amide bonds. The van der Waals surface area contributed by atoms with Crippen molar-refractivity contribution in [2.24, 2.45) is 0 Å². The third-order valence-electron chi connectivity index (χ3n) is 2.56. The van der Waals surface area contributed by atoms with Crippen LogP contribution < -0.4 is 0 Å². The Balaban J connectivity index is 2.40. The minimum atomic E-state index is -0.937. The maximum absolute atomic E-state index is 12.8. The number of carbonyl (C=O) groups is 1. The molecule has 0 aliphatic heterocycles. The molecule has 0 aliphatic carbocycles. The van der Waals surface area contributed by atoms with Gasteiger partial charge in [-0.15, -0.1) is 0 Å². The van der Waals surface area contributed by atoms with Crippen molar-refractivity contribution in [1.29, 1.82) is 0 Å². The van der Waals surface area contributed by atoms with Crippen LogP contribution >= 0.6 is 11.6 Å². The van der Waals surface area contributed by atoms with Crippen LogP contribution in [0.4, 0.5) is 4.39 Å². The van der Waals surface area contributed by atoms with Gasteiger partial charge in [0.1, 0.15) is 5.82 Å². The van der Waals surface area contributed by atoms with E-state index in [0.717, 1.165) is 11.1 Å². The molecule has 0 unspecified atom stereocenters. The molecule has 0 aliphatic rings. The monoisotopic (exact) mass is 264 g/mol. The van der Waals surface area contributed by atoms with E-state index in [0.29, 0.717) is 10.6 Å². The van der Waals surface area contributed by atoms with Crippen LogP contribution in [0.15, 0.2) is 42.5 Å². The number of hydrogen-bond donors (Lipinski definition) is 1. The summed E-state index contributed by atoms with van der Waals surface area (Å²) in [5.74, 6) is -1.24. The van der Waals surface area contributed by atoms with Gasteiger partial charge in [0.2, 0.25) is 0 Å². The summed E-state index contributed by atoms with van der Waals surface area (Å²) in [5.41, 5.74) is 2.18. The number of carboxylic acid groups (broad SMARTS) is 1. The van der Waals surface area contributed by atoms with Crippen LogP contribution in [0.3, 0.4) is 0 Å². The molecule has 0 heterocycles. The second-order valence-corrected chi connectivity index (χ2v) is 4.29. The highest BCUT2D eigenvalue weighted by Crippen LogP contribution is 2.25. The molecular formula is C14H10ClFO2. The first-order chi connectivity index (χ1) is 8.56. The highest BCUT2D eigenvalue weighted by Gasteiger charge is 2.07. The van der Waals surface area contributed by atoms with Gasteiger partial charge in [-0.1, -0.05) is 29.8 Å². The van der Waals surface area contributed by atoms with E-state index in [-0.39, 0.29) is 12.2 Å². The quantitative estimate of drug-likeness (QED) is 0.916. The van der Waals surface area contributed by atoms with Gasteiger partial charge >= 0.3 is 5.97 Å². The highest BCUT2D eigenvalue weighted by atomic mass is 35.5. The van der Waals surface area contributed by atoms with Crippen molar-refractivity contribution in [1.82, 2.24) is 0 Å². The van der Waals surface area contributed by atoms with Crippen LogP contribution in [0, 0.1) is 5.82 Å². The predicted octanol–water partition coefficient (Wildman–Crippen LogP) is 3.77. The lowest BCUT2D eigenvalue weighted by atomic mass is 10.0. The van der Waals surface area contributed by atoms with E-state index in [9.17, 15) is 9.18 Å². The Labute approximate surface area is 109 Å². The average Bonchev–Trinajstić information content (AvgIpc) is 2.32. The number of benzene rings is 2. The summed E-state index contributed by atoms with van der Waals surface area (Å²) in [5, 5.41) is 9.20. The van der Waals surface area contributed by atoms with Crippen LogP contribution in [0.5, 0.6) is 0 Å². The smallest absolute Gasteiger partial charge is 0.307 e. The Morgan fingerprint density at radius 2 is 1.72 bits per heavy atom. The molecule has 0 saturated heterocycles. The normalized spacial score (nSPS) is 10.3. The predicted molar refractivity (Wildman–Crippen MR) is 68.2 cm³/mol. The number of carboxylic acids is 1. The lowest BCUT2D eigenvalue weighted by molar-refractivity contribution is -0.136.